The summed E-state index contributed by atoms with van der Waals surface area (Å²) in [6.45, 7) is 4.11. The maximum Gasteiger partial charge on any atom is 0.308 e. The molecule has 0 saturated heterocycles. The highest BCUT2D eigenvalue weighted by molar-refractivity contribution is 5.91. The average molecular weight is 296 g/mol. The van der Waals surface area contributed by atoms with E-state index >= 15 is 0 Å². The average Bonchev–Trinajstić information content (AvgIpc) is 2.98. The van der Waals surface area contributed by atoms with Gasteiger partial charge in [-0.05, 0) is 19.1 Å². The summed E-state index contributed by atoms with van der Waals surface area (Å²) in [5.74, 6) is -1.94. The van der Waals surface area contributed by atoms with E-state index in [0.29, 0.717) is 6.54 Å². The fourth-order valence-corrected chi connectivity index (χ4v) is 1.75. The topological polar surface area (TPSA) is 99.9 Å². The molecular formula is C14H20N2O5. The van der Waals surface area contributed by atoms with Gasteiger partial charge in [0.25, 0.3) is 5.91 Å². The van der Waals surface area contributed by atoms with Crippen LogP contribution in [0.25, 0.3) is 0 Å². The van der Waals surface area contributed by atoms with Gasteiger partial charge in [-0.1, -0.05) is 6.92 Å². The molecular weight excluding hydrogens is 276 g/mol. The predicted octanol–water partition coefficient (Wildman–Crippen LogP) is 0.969. The first kappa shape index (κ1) is 16.7. The maximum absolute atomic E-state index is 12.0. The van der Waals surface area contributed by atoms with Crippen molar-refractivity contribution < 1.29 is 23.9 Å². The Labute approximate surface area is 122 Å². The highest BCUT2D eigenvalue weighted by Crippen LogP contribution is 2.03. The number of amides is 2. The van der Waals surface area contributed by atoms with Gasteiger partial charge < -0.3 is 19.7 Å². The summed E-state index contributed by atoms with van der Waals surface area (Å²) in [6.07, 6.45) is 1.51. The number of aliphatic carboxylic acids is 1. The van der Waals surface area contributed by atoms with Crippen LogP contribution in [0.4, 0.5) is 0 Å². The van der Waals surface area contributed by atoms with Crippen molar-refractivity contribution in [2.24, 2.45) is 5.92 Å². The number of carbonyl (C=O) groups excluding carboxylic acids is 2. The molecule has 1 aromatic heterocycles. The highest BCUT2D eigenvalue weighted by atomic mass is 16.4. The first-order valence-electron chi connectivity index (χ1n) is 6.78. The lowest BCUT2D eigenvalue weighted by molar-refractivity contribution is -0.143. The quantitative estimate of drug-likeness (QED) is 0.744. The molecule has 0 bridgehead atoms. The third-order valence-electron chi connectivity index (χ3n) is 3.02. The zero-order valence-electron chi connectivity index (χ0n) is 12.2. The molecule has 2 N–H and O–H groups in total. The Morgan fingerprint density at radius 2 is 2.14 bits per heavy atom. The van der Waals surface area contributed by atoms with E-state index in [0.717, 1.165) is 0 Å². The van der Waals surface area contributed by atoms with Gasteiger partial charge in [-0.15, -0.1) is 0 Å². The monoisotopic (exact) mass is 296 g/mol. The van der Waals surface area contributed by atoms with Gasteiger partial charge in [-0.3, -0.25) is 14.4 Å². The van der Waals surface area contributed by atoms with Crippen LogP contribution in [-0.2, 0) is 9.59 Å². The summed E-state index contributed by atoms with van der Waals surface area (Å²) >= 11 is 0. The molecule has 1 atom stereocenters. The van der Waals surface area contributed by atoms with Crippen LogP contribution in [0, 0.1) is 5.92 Å². The van der Waals surface area contributed by atoms with Gasteiger partial charge in [0.05, 0.1) is 12.2 Å². The van der Waals surface area contributed by atoms with Crippen LogP contribution in [0.15, 0.2) is 22.8 Å². The second kappa shape index (κ2) is 8.08. The molecule has 0 aliphatic heterocycles. The Bertz CT molecular complexity index is 484. The van der Waals surface area contributed by atoms with Crippen molar-refractivity contribution in [2.75, 3.05) is 19.6 Å². The zero-order valence-corrected chi connectivity index (χ0v) is 12.2. The Kier molecular flexibility index (Phi) is 6.45. The third-order valence-corrected chi connectivity index (χ3v) is 3.02. The van der Waals surface area contributed by atoms with Crippen LogP contribution >= 0.6 is 0 Å². The van der Waals surface area contributed by atoms with Gasteiger partial charge in [-0.2, -0.15) is 0 Å². The zero-order chi connectivity index (χ0) is 15.8. The number of nitrogens with one attached hydrogen (secondary N) is 1. The smallest absolute Gasteiger partial charge is 0.308 e. The summed E-state index contributed by atoms with van der Waals surface area (Å²) < 4.78 is 4.93. The van der Waals surface area contributed by atoms with Crippen molar-refractivity contribution in [2.45, 2.75) is 20.3 Å². The molecule has 0 aliphatic carbocycles. The fourth-order valence-electron chi connectivity index (χ4n) is 1.75. The van der Waals surface area contributed by atoms with Crippen LogP contribution < -0.4 is 5.32 Å². The summed E-state index contributed by atoms with van der Waals surface area (Å²) in [4.78, 5) is 35.8. The number of furan rings is 1. The first-order chi connectivity index (χ1) is 9.95. The number of hydrogen-bond acceptors (Lipinski definition) is 4. The van der Waals surface area contributed by atoms with E-state index < -0.39 is 11.9 Å². The van der Waals surface area contributed by atoms with E-state index in [9.17, 15) is 14.4 Å². The molecule has 2 amide bonds. The van der Waals surface area contributed by atoms with Gasteiger partial charge in [-0.25, -0.2) is 0 Å². The molecule has 1 heterocycles. The SMILES string of the molecule is CCN(CC(C)C(=O)O)C(=O)CCNC(=O)c1ccco1. The minimum Gasteiger partial charge on any atom is -0.481 e. The third kappa shape index (κ3) is 5.29. The maximum atomic E-state index is 12.0. The van der Waals surface area contributed by atoms with E-state index in [1.807, 2.05) is 0 Å². The van der Waals surface area contributed by atoms with Crippen LogP contribution in [0.1, 0.15) is 30.8 Å². The lowest BCUT2D eigenvalue weighted by atomic mass is 10.1. The Morgan fingerprint density at radius 1 is 1.43 bits per heavy atom. The van der Waals surface area contributed by atoms with Crippen LogP contribution in [0.3, 0.4) is 0 Å². The molecule has 0 aromatic carbocycles. The lowest BCUT2D eigenvalue weighted by Crippen LogP contribution is -2.38. The molecule has 0 aliphatic rings. The van der Waals surface area contributed by atoms with Crippen molar-refractivity contribution in [1.29, 1.82) is 0 Å². The number of carboxylic acids is 1. The molecule has 7 nitrogen and oxygen atoms in total. The largest absolute Gasteiger partial charge is 0.481 e. The van der Waals surface area contributed by atoms with Crippen molar-refractivity contribution in [3.63, 3.8) is 0 Å². The fraction of sp³-hybridized carbons (Fsp3) is 0.500. The van der Waals surface area contributed by atoms with Crippen molar-refractivity contribution in [3.05, 3.63) is 24.2 Å². The predicted molar refractivity (Wildman–Crippen MR) is 74.7 cm³/mol. The number of nitrogens with zero attached hydrogens (tertiary/aromatic N) is 1. The van der Waals surface area contributed by atoms with E-state index in [1.165, 1.54) is 17.2 Å². The molecule has 1 unspecified atom stereocenters. The van der Waals surface area contributed by atoms with E-state index in [1.54, 1.807) is 19.9 Å². The van der Waals surface area contributed by atoms with Crippen LogP contribution in [0.2, 0.25) is 0 Å². The van der Waals surface area contributed by atoms with Crippen LogP contribution in [-0.4, -0.2) is 47.4 Å². The molecule has 1 aromatic rings. The van der Waals surface area contributed by atoms with E-state index in [2.05, 4.69) is 5.32 Å². The molecule has 21 heavy (non-hydrogen) atoms. The van der Waals surface area contributed by atoms with Gasteiger partial charge in [0, 0.05) is 26.1 Å². The summed E-state index contributed by atoms with van der Waals surface area (Å²) in [5, 5.41) is 11.4. The first-order valence-corrected chi connectivity index (χ1v) is 6.78. The number of rotatable bonds is 8. The number of hydrogen-bond donors (Lipinski definition) is 2. The van der Waals surface area contributed by atoms with E-state index in [4.69, 9.17) is 9.52 Å². The van der Waals surface area contributed by atoms with Gasteiger partial charge >= 0.3 is 5.97 Å². The van der Waals surface area contributed by atoms with Gasteiger partial charge in [0.1, 0.15) is 0 Å². The minimum atomic E-state index is -0.938. The number of carboxylic acid groups (broad SMARTS) is 1. The van der Waals surface area contributed by atoms with Gasteiger partial charge in [0.2, 0.25) is 5.91 Å². The Morgan fingerprint density at radius 3 is 2.67 bits per heavy atom. The second-order valence-electron chi connectivity index (χ2n) is 4.65. The molecule has 116 valence electrons. The van der Waals surface area contributed by atoms with E-state index in [-0.39, 0.29) is 37.1 Å². The van der Waals surface area contributed by atoms with Crippen molar-refractivity contribution >= 4 is 17.8 Å². The second-order valence-corrected chi connectivity index (χ2v) is 4.65. The van der Waals surface area contributed by atoms with Crippen molar-refractivity contribution in [1.82, 2.24) is 10.2 Å². The molecule has 0 spiro atoms. The molecule has 0 fully saturated rings. The molecule has 0 radical (unpaired) electrons. The highest BCUT2D eigenvalue weighted by Gasteiger charge is 2.19. The standard InChI is InChI=1S/C14H20N2O5/c1-3-16(9-10(2)14(19)20)12(17)6-7-15-13(18)11-5-4-8-21-11/h4-5,8,10H,3,6-7,9H2,1-2H3,(H,15,18)(H,19,20). The van der Waals surface area contributed by atoms with Crippen molar-refractivity contribution in [3.8, 4) is 0 Å². The lowest BCUT2D eigenvalue weighted by Gasteiger charge is -2.22. The molecule has 0 saturated carbocycles. The summed E-state index contributed by atoms with van der Waals surface area (Å²) in [7, 11) is 0. The molecule has 1 rings (SSSR count). The summed E-state index contributed by atoms with van der Waals surface area (Å²) in [6, 6.07) is 3.14. The molecule has 7 heteroatoms. The normalized spacial score (nSPS) is 11.7. The number of carbonyl (C=O) groups is 3. The minimum absolute atomic E-state index is 0.118. The van der Waals surface area contributed by atoms with Crippen LogP contribution in [0.5, 0.6) is 0 Å². The Balaban J connectivity index is 2.37. The Hall–Kier alpha value is -2.31. The summed E-state index contributed by atoms with van der Waals surface area (Å²) in [5.41, 5.74) is 0. The van der Waals surface area contributed by atoms with Gasteiger partial charge in [0.15, 0.2) is 5.76 Å².